The summed E-state index contributed by atoms with van der Waals surface area (Å²) in [5, 5.41) is 0. The molecule has 90 valence electrons. The molecule has 0 unspecified atom stereocenters. The van der Waals surface area contributed by atoms with E-state index < -0.39 is 0 Å². The van der Waals surface area contributed by atoms with E-state index in [4.69, 9.17) is 0 Å². The van der Waals surface area contributed by atoms with Crippen molar-refractivity contribution in [3.63, 3.8) is 0 Å². The van der Waals surface area contributed by atoms with Gasteiger partial charge in [-0.15, -0.1) is 0 Å². The van der Waals surface area contributed by atoms with Gasteiger partial charge in [-0.1, -0.05) is 13.8 Å². The van der Waals surface area contributed by atoms with Gasteiger partial charge in [-0.25, -0.2) is 0 Å². The summed E-state index contributed by atoms with van der Waals surface area (Å²) in [5.41, 5.74) is 0. The molecule has 4 nitrogen and oxygen atoms in total. The lowest BCUT2D eigenvalue weighted by Gasteiger charge is -2.22. The maximum Gasteiger partial charge on any atom is 0.306 e. The first-order chi connectivity index (χ1) is 7.13. The molecule has 0 spiro atoms. The number of hydrogen-bond donors (Lipinski definition) is 0. The second kappa shape index (κ2) is 8.68. The van der Waals surface area contributed by atoms with E-state index in [1.807, 2.05) is 7.05 Å². The monoisotopic (exact) mass is 216 g/mol. The van der Waals surface area contributed by atoms with Crippen LogP contribution in [-0.4, -0.2) is 62.7 Å². The van der Waals surface area contributed by atoms with Crippen LogP contribution in [0.2, 0.25) is 0 Å². The molecule has 0 aliphatic heterocycles. The number of ether oxygens (including phenoxy) is 1. The lowest BCUT2D eigenvalue weighted by Crippen LogP contribution is -2.34. The van der Waals surface area contributed by atoms with E-state index in [2.05, 4.69) is 28.4 Å². The Kier molecular flexibility index (Phi) is 8.33. The summed E-state index contributed by atoms with van der Waals surface area (Å²) in [5.74, 6) is -0.135. The summed E-state index contributed by atoms with van der Waals surface area (Å²) in [4.78, 5) is 15.4. The highest BCUT2D eigenvalue weighted by atomic mass is 16.5. The van der Waals surface area contributed by atoms with E-state index in [0.717, 1.165) is 32.7 Å². The first-order valence-corrected chi connectivity index (χ1v) is 5.61. The highest BCUT2D eigenvalue weighted by molar-refractivity contribution is 5.69. The van der Waals surface area contributed by atoms with Gasteiger partial charge < -0.3 is 14.5 Å². The average Bonchev–Trinajstić information content (AvgIpc) is 2.27. The van der Waals surface area contributed by atoms with Gasteiger partial charge in [-0.3, -0.25) is 4.79 Å². The Morgan fingerprint density at radius 3 is 2.20 bits per heavy atom. The molecule has 0 saturated carbocycles. The van der Waals surface area contributed by atoms with E-state index in [0.29, 0.717) is 6.42 Å². The molecule has 0 fully saturated rings. The third-order valence-electron chi connectivity index (χ3n) is 2.62. The molecule has 0 aromatic heterocycles. The summed E-state index contributed by atoms with van der Waals surface area (Å²) in [7, 11) is 3.46. The molecule has 0 N–H and O–H groups in total. The predicted molar refractivity (Wildman–Crippen MR) is 61.9 cm³/mol. The largest absolute Gasteiger partial charge is 0.469 e. The number of carbonyl (C=O) groups excluding carboxylic acids is 1. The second-order valence-corrected chi connectivity index (χ2v) is 3.66. The topological polar surface area (TPSA) is 32.8 Å². The third kappa shape index (κ3) is 7.33. The Morgan fingerprint density at radius 1 is 1.13 bits per heavy atom. The number of likely N-dealkylation sites (N-methyl/N-ethyl adjacent to an activating group) is 2. The molecule has 0 atom stereocenters. The van der Waals surface area contributed by atoms with Crippen LogP contribution >= 0.6 is 0 Å². The van der Waals surface area contributed by atoms with Crippen molar-refractivity contribution >= 4 is 5.97 Å². The van der Waals surface area contributed by atoms with Gasteiger partial charge in [0.15, 0.2) is 0 Å². The minimum absolute atomic E-state index is 0.135. The average molecular weight is 216 g/mol. The van der Waals surface area contributed by atoms with Crippen LogP contribution in [0, 0.1) is 0 Å². The summed E-state index contributed by atoms with van der Waals surface area (Å²) >= 11 is 0. The Bertz CT molecular complexity index is 170. The van der Waals surface area contributed by atoms with Gasteiger partial charge in [0.05, 0.1) is 13.5 Å². The Hall–Kier alpha value is -0.610. The smallest absolute Gasteiger partial charge is 0.306 e. The molecule has 0 aliphatic rings. The van der Waals surface area contributed by atoms with Gasteiger partial charge in [0.2, 0.25) is 0 Å². The van der Waals surface area contributed by atoms with Crippen LogP contribution in [0.3, 0.4) is 0 Å². The summed E-state index contributed by atoms with van der Waals surface area (Å²) in [6.45, 7) is 9.33. The van der Waals surface area contributed by atoms with Crippen LogP contribution in [0.25, 0.3) is 0 Å². The van der Waals surface area contributed by atoms with E-state index in [1.54, 1.807) is 0 Å². The predicted octanol–water partition coefficient (Wildman–Crippen LogP) is 0.823. The number of esters is 1. The van der Waals surface area contributed by atoms with E-state index in [1.165, 1.54) is 7.11 Å². The van der Waals surface area contributed by atoms with E-state index in [9.17, 15) is 4.79 Å². The molecule has 0 radical (unpaired) electrons. The highest BCUT2D eigenvalue weighted by Gasteiger charge is 2.05. The van der Waals surface area contributed by atoms with Gasteiger partial charge in [-0.2, -0.15) is 0 Å². The fourth-order valence-electron chi connectivity index (χ4n) is 1.35. The third-order valence-corrected chi connectivity index (χ3v) is 2.62. The molecule has 0 amide bonds. The molecule has 0 aromatic rings. The molecule has 0 bridgehead atoms. The van der Waals surface area contributed by atoms with Crippen molar-refractivity contribution in [2.45, 2.75) is 20.3 Å². The molecule has 0 rings (SSSR count). The Labute approximate surface area is 93.2 Å². The molecule has 15 heavy (non-hydrogen) atoms. The van der Waals surface area contributed by atoms with Crippen molar-refractivity contribution in [2.75, 3.05) is 46.9 Å². The molecule has 0 heterocycles. The van der Waals surface area contributed by atoms with Crippen molar-refractivity contribution < 1.29 is 9.53 Å². The van der Waals surface area contributed by atoms with Crippen LogP contribution in [0.15, 0.2) is 0 Å². The van der Waals surface area contributed by atoms with Crippen molar-refractivity contribution in [3.05, 3.63) is 0 Å². The summed E-state index contributed by atoms with van der Waals surface area (Å²) < 4.78 is 4.59. The SMILES string of the molecule is CCN(CC)CCN(C)CCC(=O)OC. The van der Waals surface area contributed by atoms with Crippen molar-refractivity contribution in [1.29, 1.82) is 0 Å². The molecule has 0 saturated heterocycles. The molecule has 4 heteroatoms. The number of nitrogens with zero attached hydrogens (tertiary/aromatic N) is 2. The van der Waals surface area contributed by atoms with Gasteiger partial charge in [0.25, 0.3) is 0 Å². The second-order valence-electron chi connectivity index (χ2n) is 3.66. The molecule has 0 aliphatic carbocycles. The zero-order valence-corrected chi connectivity index (χ0v) is 10.5. The summed E-state index contributed by atoms with van der Waals surface area (Å²) in [6.07, 6.45) is 0.477. The standard InChI is InChI=1S/C11H24N2O2/c1-5-13(6-2)10-9-12(3)8-7-11(14)15-4/h5-10H2,1-4H3. The van der Waals surface area contributed by atoms with Crippen LogP contribution < -0.4 is 0 Å². The van der Waals surface area contributed by atoms with Gasteiger partial charge in [-0.05, 0) is 20.1 Å². The minimum Gasteiger partial charge on any atom is -0.469 e. The minimum atomic E-state index is -0.135. The van der Waals surface area contributed by atoms with Crippen LogP contribution in [0.5, 0.6) is 0 Å². The Morgan fingerprint density at radius 2 is 1.73 bits per heavy atom. The van der Waals surface area contributed by atoms with Crippen LogP contribution in [-0.2, 0) is 9.53 Å². The fraction of sp³-hybridized carbons (Fsp3) is 0.909. The normalized spacial score (nSPS) is 11.1. The van der Waals surface area contributed by atoms with Gasteiger partial charge in [0.1, 0.15) is 0 Å². The quantitative estimate of drug-likeness (QED) is 0.562. The molecular formula is C11H24N2O2. The highest BCUT2D eigenvalue weighted by Crippen LogP contribution is 1.92. The molecular weight excluding hydrogens is 192 g/mol. The maximum atomic E-state index is 10.9. The number of methoxy groups -OCH3 is 1. The number of hydrogen-bond acceptors (Lipinski definition) is 4. The van der Waals surface area contributed by atoms with Crippen LogP contribution in [0.4, 0.5) is 0 Å². The van der Waals surface area contributed by atoms with Gasteiger partial charge >= 0.3 is 5.97 Å². The van der Waals surface area contributed by atoms with Crippen LogP contribution in [0.1, 0.15) is 20.3 Å². The number of carbonyl (C=O) groups is 1. The maximum absolute atomic E-state index is 10.9. The zero-order valence-electron chi connectivity index (χ0n) is 10.5. The first-order valence-electron chi connectivity index (χ1n) is 5.61. The fourth-order valence-corrected chi connectivity index (χ4v) is 1.35. The van der Waals surface area contributed by atoms with Crippen molar-refractivity contribution in [3.8, 4) is 0 Å². The first kappa shape index (κ1) is 14.4. The number of rotatable bonds is 8. The zero-order chi connectivity index (χ0) is 11.7. The van der Waals surface area contributed by atoms with Gasteiger partial charge in [0, 0.05) is 19.6 Å². The molecule has 0 aromatic carbocycles. The summed E-state index contributed by atoms with van der Waals surface area (Å²) in [6, 6.07) is 0. The lowest BCUT2D eigenvalue weighted by atomic mass is 10.4. The van der Waals surface area contributed by atoms with E-state index >= 15 is 0 Å². The lowest BCUT2D eigenvalue weighted by molar-refractivity contribution is -0.140. The van der Waals surface area contributed by atoms with Crippen molar-refractivity contribution in [1.82, 2.24) is 9.80 Å². The Balaban J connectivity index is 3.56. The van der Waals surface area contributed by atoms with Crippen molar-refractivity contribution in [2.24, 2.45) is 0 Å². The van der Waals surface area contributed by atoms with E-state index in [-0.39, 0.29) is 5.97 Å².